The van der Waals surface area contributed by atoms with Crippen LogP contribution in [-0.2, 0) is 11.2 Å². The summed E-state index contributed by atoms with van der Waals surface area (Å²) < 4.78 is 5.42. The zero-order chi connectivity index (χ0) is 23.5. The largest absolute Gasteiger partial charge is 0.372 e. The van der Waals surface area contributed by atoms with E-state index in [1.165, 1.54) is 24.1 Å². The van der Waals surface area contributed by atoms with Crippen molar-refractivity contribution in [2.45, 2.75) is 32.6 Å². The molecule has 178 valence electrons. The van der Waals surface area contributed by atoms with Gasteiger partial charge in [0.15, 0.2) is 0 Å². The van der Waals surface area contributed by atoms with E-state index >= 15 is 0 Å². The number of piperazine rings is 1. The highest BCUT2D eigenvalue weighted by atomic mass is 35.5. The highest BCUT2D eigenvalue weighted by Crippen LogP contribution is 2.26. The number of aryl methyl sites for hydroxylation is 2. The van der Waals surface area contributed by atoms with E-state index in [0.717, 1.165) is 42.5 Å². The molecule has 2 fully saturated rings. The molecule has 1 amide bonds. The summed E-state index contributed by atoms with van der Waals surface area (Å²) >= 11 is 6.18. The second kappa shape index (κ2) is 10.1. The number of anilines is 2. The zero-order valence-corrected chi connectivity index (χ0v) is 20.3. The first-order chi connectivity index (χ1) is 16.6. The Morgan fingerprint density at radius 1 is 0.971 bits per heavy atom. The van der Waals surface area contributed by atoms with E-state index in [4.69, 9.17) is 16.1 Å². The lowest BCUT2D eigenvalue weighted by atomic mass is 10.1. The van der Waals surface area contributed by atoms with Crippen molar-refractivity contribution in [2.24, 2.45) is 0 Å². The maximum absolute atomic E-state index is 12.8. The minimum Gasteiger partial charge on any atom is -0.372 e. The molecule has 0 saturated carbocycles. The molecule has 8 heteroatoms. The van der Waals surface area contributed by atoms with Crippen LogP contribution in [0.25, 0.3) is 11.4 Å². The Kier molecular flexibility index (Phi) is 6.72. The van der Waals surface area contributed by atoms with Crippen molar-refractivity contribution in [1.82, 2.24) is 15.0 Å². The maximum atomic E-state index is 12.8. The Morgan fingerprint density at radius 2 is 1.71 bits per heavy atom. The number of carbonyl (C=O) groups is 1. The number of aromatic nitrogens is 2. The molecule has 0 spiro atoms. The molecular formula is C26H30ClN5O2. The lowest BCUT2D eigenvalue weighted by molar-refractivity contribution is -0.131. The van der Waals surface area contributed by atoms with Crippen LogP contribution in [0.5, 0.6) is 0 Å². The van der Waals surface area contributed by atoms with Gasteiger partial charge in [-0.05, 0) is 61.7 Å². The number of nitrogens with zero attached hydrogens (tertiary/aromatic N) is 5. The van der Waals surface area contributed by atoms with Crippen LogP contribution in [0.2, 0.25) is 5.02 Å². The van der Waals surface area contributed by atoms with Crippen molar-refractivity contribution < 1.29 is 9.32 Å². The first-order valence-electron chi connectivity index (χ1n) is 12.0. The number of hydrogen-bond donors (Lipinski definition) is 0. The highest BCUT2D eigenvalue weighted by Gasteiger charge is 2.23. The molecule has 0 aliphatic carbocycles. The van der Waals surface area contributed by atoms with E-state index in [0.29, 0.717) is 37.6 Å². The fraction of sp³-hybridized carbons (Fsp3) is 0.423. The predicted molar refractivity (Wildman–Crippen MR) is 134 cm³/mol. The van der Waals surface area contributed by atoms with Crippen LogP contribution in [0.3, 0.4) is 0 Å². The van der Waals surface area contributed by atoms with Gasteiger partial charge in [-0.25, -0.2) is 0 Å². The molecule has 0 bridgehead atoms. The van der Waals surface area contributed by atoms with Gasteiger partial charge in [0.25, 0.3) is 0 Å². The van der Waals surface area contributed by atoms with Crippen LogP contribution < -0.4 is 9.80 Å². The fourth-order valence-corrected chi connectivity index (χ4v) is 4.93. The summed E-state index contributed by atoms with van der Waals surface area (Å²) in [7, 11) is 0. The van der Waals surface area contributed by atoms with Gasteiger partial charge in [0.2, 0.25) is 17.6 Å². The standard InChI is InChI=1S/C26H30ClN5O2/c1-19-4-7-21(27)18-23(19)31-14-16-32(17-15-31)25(33)11-10-24-28-26(29-34-24)20-5-8-22(9-6-20)30-12-2-3-13-30/h4-9,18H,2-3,10-17H2,1H3. The van der Waals surface area contributed by atoms with E-state index in [-0.39, 0.29) is 5.91 Å². The highest BCUT2D eigenvalue weighted by molar-refractivity contribution is 6.30. The first kappa shape index (κ1) is 22.7. The van der Waals surface area contributed by atoms with Crippen molar-refractivity contribution in [3.05, 3.63) is 58.9 Å². The third kappa shape index (κ3) is 5.04. The van der Waals surface area contributed by atoms with E-state index < -0.39 is 0 Å². The summed E-state index contributed by atoms with van der Waals surface area (Å²) in [5.41, 5.74) is 4.51. The lowest BCUT2D eigenvalue weighted by Crippen LogP contribution is -2.49. The van der Waals surface area contributed by atoms with Gasteiger partial charge in [-0.2, -0.15) is 4.98 Å². The normalized spacial score (nSPS) is 16.4. The monoisotopic (exact) mass is 479 g/mol. The van der Waals surface area contributed by atoms with Gasteiger partial charge in [-0.3, -0.25) is 4.79 Å². The third-order valence-corrected chi connectivity index (χ3v) is 7.00. The molecule has 2 aliphatic heterocycles. The number of halogens is 1. The van der Waals surface area contributed by atoms with Crippen molar-refractivity contribution in [1.29, 1.82) is 0 Å². The van der Waals surface area contributed by atoms with Crippen LogP contribution >= 0.6 is 11.6 Å². The molecule has 0 unspecified atom stereocenters. The van der Waals surface area contributed by atoms with E-state index in [1.54, 1.807) is 0 Å². The summed E-state index contributed by atoms with van der Waals surface area (Å²) in [6.07, 6.45) is 3.33. The second-order valence-electron chi connectivity index (χ2n) is 9.05. The molecule has 0 N–H and O–H groups in total. The summed E-state index contributed by atoms with van der Waals surface area (Å²) in [5, 5.41) is 4.86. The van der Waals surface area contributed by atoms with Crippen LogP contribution in [0.4, 0.5) is 11.4 Å². The Hall–Kier alpha value is -3.06. The molecule has 0 atom stereocenters. The minimum absolute atomic E-state index is 0.122. The minimum atomic E-state index is 0.122. The van der Waals surface area contributed by atoms with Crippen molar-refractivity contribution in [2.75, 3.05) is 49.1 Å². The van der Waals surface area contributed by atoms with Crippen LogP contribution in [0.1, 0.15) is 30.7 Å². The molecule has 7 nitrogen and oxygen atoms in total. The number of amides is 1. The molecule has 3 aromatic rings. The second-order valence-corrected chi connectivity index (χ2v) is 9.49. The third-order valence-electron chi connectivity index (χ3n) is 6.76. The average molecular weight is 480 g/mol. The predicted octanol–water partition coefficient (Wildman–Crippen LogP) is 4.58. The number of rotatable bonds is 6. The fourth-order valence-electron chi connectivity index (χ4n) is 4.76. The van der Waals surface area contributed by atoms with Crippen LogP contribution in [0, 0.1) is 6.92 Å². The van der Waals surface area contributed by atoms with Crippen molar-refractivity contribution in [3.63, 3.8) is 0 Å². The molecule has 2 aromatic carbocycles. The van der Waals surface area contributed by atoms with Gasteiger partial charge in [0.05, 0.1) is 0 Å². The van der Waals surface area contributed by atoms with Crippen molar-refractivity contribution >= 4 is 28.9 Å². The molecule has 0 radical (unpaired) electrons. The molecule has 2 saturated heterocycles. The summed E-state index contributed by atoms with van der Waals surface area (Å²) in [6.45, 7) is 7.32. The van der Waals surface area contributed by atoms with E-state index in [2.05, 4.69) is 39.0 Å². The molecular weight excluding hydrogens is 450 g/mol. The maximum Gasteiger partial charge on any atom is 0.227 e. The van der Waals surface area contributed by atoms with Gasteiger partial charge < -0.3 is 19.2 Å². The molecule has 2 aliphatic rings. The van der Waals surface area contributed by atoms with E-state index in [9.17, 15) is 4.79 Å². The molecule has 1 aromatic heterocycles. The molecule has 34 heavy (non-hydrogen) atoms. The summed E-state index contributed by atoms with van der Waals surface area (Å²) in [5.74, 6) is 1.19. The smallest absolute Gasteiger partial charge is 0.227 e. The summed E-state index contributed by atoms with van der Waals surface area (Å²) in [6, 6.07) is 14.3. The van der Waals surface area contributed by atoms with Gasteiger partial charge >= 0.3 is 0 Å². The Balaban J connectivity index is 1.12. The van der Waals surface area contributed by atoms with Gasteiger partial charge in [-0.1, -0.05) is 22.8 Å². The molecule has 5 rings (SSSR count). The first-order valence-corrected chi connectivity index (χ1v) is 12.4. The van der Waals surface area contributed by atoms with Crippen LogP contribution in [0.15, 0.2) is 47.0 Å². The Labute approximate surface area is 205 Å². The Morgan fingerprint density at radius 3 is 2.44 bits per heavy atom. The number of hydrogen-bond acceptors (Lipinski definition) is 6. The number of benzene rings is 2. The van der Waals surface area contributed by atoms with E-state index in [1.807, 2.05) is 35.2 Å². The van der Waals surface area contributed by atoms with Crippen molar-refractivity contribution in [3.8, 4) is 11.4 Å². The molecule has 3 heterocycles. The van der Waals surface area contributed by atoms with Gasteiger partial charge in [0, 0.05) is 74.1 Å². The van der Waals surface area contributed by atoms with Crippen LogP contribution in [-0.4, -0.2) is 60.2 Å². The van der Waals surface area contributed by atoms with Gasteiger partial charge in [-0.15, -0.1) is 0 Å². The summed E-state index contributed by atoms with van der Waals surface area (Å²) in [4.78, 5) is 23.9. The number of carbonyl (C=O) groups excluding carboxylic acids is 1. The zero-order valence-electron chi connectivity index (χ0n) is 19.5. The Bertz CT molecular complexity index is 1130. The average Bonchev–Trinajstić information content (AvgIpc) is 3.57. The lowest BCUT2D eigenvalue weighted by Gasteiger charge is -2.37. The SMILES string of the molecule is Cc1ccc(Cl)cc1N1CCN(C(=O)CCc2nc(-c3ccc(N4CCCC4)cc3)no2)CC1. The topological polar surface area (TPSA) is 65.7 Å². The van der Waals surface area contributed by atoms with Gasteiger partial charge in [0.1, 0.15) is 0 Å². The quantitative estimate of drug-likeness (QED) is 0.515.